The number of rotatable bonds is 1. The van der Waals surface area contributed by atoms with Gasteiger partial charge in [-0.25, -0.2) is 0 Å². The van der Waals surface area contributed by atoms with Gasteiger partial charge < -0.3 is 10.4 Å². The molecule has 0 heterocycles. The molecule has 4 aliphatic rings. The van der Waals surface area contributed by atoms with Gasteiger partial charge in [0.05, 0.1) is 5.60 Å². The van der Waals surface area contributed by atoms with Gasteiger partial charge in [-0.3, -0.25) is 0 Å². The second-order valence-electron chi connectivity index (χ2n) is 7.84. The number of nitrogens with one attached hydrogen (secondary N) is 1. The summed E-state index contributed by atoms with van der Waals surface area (Å²) >= 11 is 0. The monoisotopic (exact) mass is 223 g/mol. The molecule has 4 aliphatic carbocycles. The fraction of sp³-hybridized carbons (Fsp3) is 1.00. The van der Waals surface area contributed by atoms with Crippen LogP contribution in [0.4, 0.5) is 0 Å². The van der Waals surface area contributed by atoms with Crippen molar-refractivity contribution in [2.24, 2.45) is 11.8 Å². The zero-order valence-electron chi connectivity index (χ0n) is 10.8. The Morgan fingerprint density at radius 2 is 1.62 bits per heavy atom. The first-order valence-electron chi connectivity index (χ1n) is 6.79. The minimum absolute atomic E-state index is 0.169. The molecule has 4 bridgehead atoms. The SMILES string of the molecule is CC(C)(C)NC12CC3CC(CC(O)(C3)C1)C2. The molecule has 0 saturated heterocycles. The van der Waals surface area contributed by atoms with Gasteiger partial charge in [0.25, 0.3) is 0 Å². The summed E-state index contributed by atoms with van der Waals surface area (Å²) in [7, 11) is 0. The summed E-state index contributed by atoms with van der Waals surface area (Å²) in [5, 5.41) is 14.5. The standard InChI is InChI=1S/C14H25NO/c1-12(2,3)15-13-5-10-4-11(6-13)8-14(16,7-10)9-13/h10-11,15-16H,4-9H2,1-3H3. The molecule has 2 nitrogen and oxygen atoms in total. The zero-order chi connectivity index (χ0) is 11.6. The first-order chi connectivity index (χ1) is 7.28. The van der Waals surface area contributed by atoms with Crippen molar-refractivity contribution < 1.29 is 5.11 Å². The van der Waals surface area contributed by atoms with Gasteiger partial charge in [-0.15, -0.1) is 0 Å². The molecular weight excluding hydrogens is 198 g/mol. The molecule has 0 spiro atoms. The van der Waals surface area contributed by atoms with E-state index in [1.165, 1.54) is 19.3 Å². The normalized spacial score (nSPS) is 51.0. The molecule has 0 aromatic heterocycles. The molecule has 0 radical (unpaired) electrons. The number of hydrogen-bond acceptors (Lipinski definition) is 2. The van der Waals surface area contributed by atoms with Crippen LogP contribution in [-0.2, 0) is 0 Å². The highest BCUT2D eigenvalue weighted by Gasteiger charge is 2.57. The van der Waals surface area contributed by atoms with Gasteiger partial charge in [-0.2, -0.15) is 0 Å². The predicted molar refractivity (Wildman–Crippen MR) is 65.3 cm³/mol. The molecule has 0 aromatic rings. The summed E-state index contributed by atoms with van der Waals surface area (Å²) in [6.45, 7) is 6.74. The van der Waals surface area contributed by atoms with E-state index in [-0.39, 0.29) is 16.7 Å². The van der Waals surface area contributed by atoms with E-state index in [9.17, 15) is 5.11 Å². The zero-order valence-corrected chi connectivity index (χ0v) is 10.8. The van der Waals surface area contributed by atoms with E-state index in [0.717, 1.165) is 31.1 Å². The van der Waals surface area contributed by atoms with Crippen molar-refractivity contribution in [3.05, 3.63) is 0 Å². The van der Waals surface area contributed by atoms with Crippen LogP contribution in [0.3, 0.4) is 0 Å². The highest BCUT2D eigenvalue weighted by Crippen LogP contribution is 2.57. The van der Waals surface area contributed by atoms with Crippen LogP contribution in [0.1, 0.15) is 59.3 Å². The lowest BCUT2D eigenvalue weighted by Crippen LogP contribution is -2.67. The predicted octanol–water partition coefficient (Wildman–Crippen LogP) is 2.46. The molecule has 4 rings (SSSR count). The molecule has 0 aliphatic heterocycles. The Balaban J connectivity index is 1.86. The number of hydrogen-bond donors (Lipinski definition) is 2. The molecule has 0 amide bonds. The summed E-state index contributed by atoms with van der Waals surface area (Å²) in [6.07, 6.45) is 7.08. The molecule has 16 heavy (non-hydrogen) atoms. The van der Waals surface area contributed by atoms with Crippen LogP contribution in [0.25, 0.3) is 0 Å². The molecular formula is C14H25NO. The molecule has 2 heteroatoms. The van der Waals surface area contributed by atoms with Crippen LogP contribution in [-0.4, -0.2) is 21.8 Å². The highest BCUT2D eigenvalue weighted by molar-refractivity contribution is 5.13. The van der Waals surface area contributed by atoms with E-state index in [1.807, 2.05) is 0 Å². The van der Waals surface area contributed by atoms with Crippen LogP contribution < -0.4 is 5.32 Å². The van der Waals surface area contributed by atoms with Crippen molar-refractivity contribution in [2.75, 3.05) is 0 Å². The lowest BCUT2D eigenvalue weighted by Gasteiger charge is -2.61. The average molecular weight is 223 g/mol. The Kier molecular flexibility index (Phi) is 2.09. The first-order valence-corrected chi connectivity index (χ1v) is 6.79. The highest BCUT2D eigenvalue weighted by atomic mass is 16.3. The van der Waals surface area contributed by atoms with Gasteiger partial charge in [-0.05, 0) is 71.1 Å². The van der Waals surface area contributed by atoms with Crippen molar-refractivity contribution >= 4 is 0 Å². The maximum Gasteiger partial charge on any atom is 0.0670 e. The summed E-state index contributed by atoms with van der Waals surface area (Å²) in [4.78, 5) is 0. The number of aliphatic hydroxyl groups is 1. The fourth-order valence-corrected chi connectivity index (χ4v) is 5.16. The van der Waals surface area contributed by atoms with Crippen molar-refractivity contribution in [3.63, 3.8) is 0 Å². The van der Waals surface area contributed by atoms with Gasteiger partial charge in [0.15, 0.2) is 0 Å². The van der Waals surface area contributed by atoms with E-state index in [4.69, 9.17) is 0 Å². The Bertz CT molecular complexity index is 286. The lowest BCUT2D eigenvalue weighted by molar-refractivity contribution is -0.146. The smallest absolute Gasteiger partial charge is 0.0670 e. The minimum atomic E-state index is -0.331. The lowest BCUT2D eigenvalue weighted by atomic mass is 9.51. The van der Waals surface area contributed by atoms with Gasteiger partial charge in [0, 0.05) is 11.1 Å². The maximum atomic E-state index is 10.6. The third kappa shape index (κ3) is 1.80. The van der Waals surface area contributed by atoms with Crippen LogP contribution >= 0.6 is 0 Å². The van der Waals surface area contributed by atoms with Gasteiger partial charge in [0.2, 0.25) is 0 Å². The summed E-state index contributed by atoms with van der Waals surface area (Å²) in [6, 6.07) is 0. The van der Waals surface area contributed by atoms with Crippen molar-refractivity contribution in [1.82, 2.24) is 5.32 Å². The summed E-state index contributed by atoms with van der Waals surface area (Å²) in [5.41, 5.74) is 0.0848. The Hall–Kier alpha value is -0.0800. The third-order valence-electron chi connectivity index (χ3n) is 4.67. The fourth-order valence-electron chi connectivity index (χ4n) is 5.16. The topological polar surface area (TPSA) is 32.3 Å². The van der Waals surface area contributed by atoms with Crippen molar-refractivity contribution in [3.8, 4) is 0 Å². The van der Waals surface area contributed by atoms with Crippen LogP contribution in [0.15, 0.2) is 0 Å². The van der Waals surface area contributed by atoms with Gasteiger partial charge in [0.1, 0.15) is 0 Å². The largest absolute Gasteiger partial charge is 0.390 e. The summed E-state index contributed by atoms with van der Waals surface area (Å²) < 4.78 is 0. The average Bonchev–Trinajstić information content (AvgIpc) is 1.91. The van der Waals surface area contributed by atoms with Crippen LogP contribution in [0, 0.1) is 11.8 Å². The van der Waals surface area contributed by atoms with Crippen molar-refractivity contribution in [1.29, 1.82) is 0 Å². The first kappa shape index (κ1) is 11.0. The Labute approximate surface area is 98.8 Å². The van der Waals surface area contributed by atoms with Crippen LogP contribution in [0.5, 0.6) is 0 Å². The summed E-state index contributed by atoms with van der Waals surface area (Å²) in [5.74, 6) is 1.56. The molecule has 2 N–H and O–H groups in total. The van der Waals surface area contributed by atoms with E-state index < -0.39 is 0 Å². The minimum Gasteiger partial charge on any atom is -0.390 e. The molecule has 4 fully saturated rings. The molecule has 0 aromatic carbocycles. The van der Waals surface area contributed by atoms with E-state index in [1.54, 1.807) is 0 Å². The quantitative estimate of drug-likeness (QED) is 0.715. The molecule has 2 atom stereocenters. The van der Waals surface area contributed by atoms with E-state index >= 15 is 0 Å². The Morgan fingerprint density at radius 3 is 2.06 bits per heavy atom. The molecule has 92 valence electrons. The second kappa shape index (κ2) is 3.02. The van der Waals surface area contributed by atoms with E-state index in [2.05, 4.69) is 26.1 Å². The maximum absolute atomic E-state index is 10.6. The molecule has 2 unspecified atom stereocenters. The van der Waals surface area contributed by atoms with Gasteiger partial charge >= 0.3 is 0 Å². The third-order valence-corrected chi connectivity index (χ3v) is 4.67. The molecule has 4 saturated carbocycles. The van der Waals surface area contributed by atoms with E-state index in [0.29, 0.717) is 0 Å². The van der Waals surface area contributed by atoms with Gasteiger partial charge in [-0.1, -0.05) is 0 Å². The van der Waals surface area contributed by atoms with Crippen molar-refractivity contribution in [2.45, 2.75) is 76.0 Å². The second-order valence-corrected chi connectivity index (χ2v) is 7.84. The Morgan fingerprint density at radius 1 is 1.06 bits per heavy atom. The van der Waals surface area contributed by atoms with Crippen LogP contribution in [0.2, 0.25) is 0 Å².